The molecule has 2 aliphatic rings. The molecule has 0 unspecified atom stereocenters. The third-order valence-electron chi connectivity index (χ3n) is 5.37. The van der Waals surface area contributed by atoms with Crippen LogP contribution in [-0.2, 0) is 13.0 Å². The summed E-state index contributed by atoms with van der Waals surface area (Å²) in [6.45, 7) is 5.07. The Labute approximate surface area is 162 Å². The topological polar surface area (TPSA) is 41.3 Å². The summed E-state index contributed by atoms with van der Waals surface area (Å²) in [4.78, 5) is 2.57. The molecule has 0 radical (unpaired) electrons. The van der Waals surface area contributed by atoms with Gasteiger partial charge in [0.1, 0.15) is 0 Å². The highest BCUT2D eigenvalue weighted by atomic mass is 35.5. The highest BCUT2D eigenvalue weighted by Crippen LogP contribution is 2.34. The molecule has 2 aromatic rings. The van der Waals surface area contributed by atoms with Crippen LogP contribution in [0.3, 0.4) is 0 Å². The van der Waals surface area contributed by atoms with Crippen molar-refractivity contribution in [2.75, 3.05) is 31.5 Å². The van der Waals surface area contributed by atoms with Gasteiger partial charge in [0.2, 0.25) is 0 Å². The van der Waals surface area contributed by atoms with E-state index in [1.165, 1.54) is 22.4 Å². The maximum absolute atomic E-state index is 6.07. The van der Waals surface area contributed by atoms with Crippen molar-refractivity contribution >= 4 is 30.5 Å². The zero-order valence-corrected chi connectivity index (χ0v) is 16.0. The van der Waals surface area contributed by atoms with Crippen molar-refractivity contribution in [2.45, 2.75) is 18.9 Å². The number of halogens is 2. The number of nitrogens with two attached hydrogens (primary N) is 1. The average Bonchev–Trinajstić information content (AvgIpc) is 3.22. The molecule has 5 heteroatoms. The number of likely N-dealkylation sites (tertiary alicyclic amines) is 1. The van der Waals surface area contributed by atoms with Gasteiger partial charge in [-0.3, -0.25) is 4.90 Å². The number of hydrogen-bond acceptors (Lipinski definition) is 3. The molecule has 0 amide bonds. The molecule has 136 valence electrons. The highest BCUT2D eigenvalue weighted by molar-refractivity contribution is 5.85. The fraction of sp³-hybridized carbons (Fsp3) is 0.400. The summed E-state index contributed by atoms with van der Waals surface area (Å²) in [5.41, 5.74) is 11.8. The largest absolute Gasteiger partial charge is 0.384 e. The van der Waals surface area contributed by atoms with Crippen molar-refractivity contribution in [1.82, 2.24) is 4.90 Å². The number of nitrogens with zero attached hydrogens (tertiary/aromatic N) is 1. The van der Waals surface area contributed by atoms with E-state index in [4.69, 9.17) is 5.73 Å². The summed E-state index contributed by atoms with van der Waals surface area (Å²) < 4.78 is 0. The van der Waals surface area contributed by atoms with Crippen LogP contribution in [0.15, 0.2) is 48.5 Å². The van der Waals surface area contributed by atoms with Crippen molar-refractivity contribution in [2.24, 2.45) is 11.7 Å². The number of para-hydroxylation sites is 1. The molecule has 3 N–H and O–H groups in total. The number of rotatable bonds is 4. The number of benzene rings is 2. The van der Waals surface area contributed by atoms with Crippen LogP contribution < -0.4 is 11.1 Å². The smallest absolute Gasteiger partial charge is 0.0419 e. The number of hydrogen-bond donors (Lipinski definition) is 2. The molecule has 25 heavy (non-hydrogen) atoms. The molecule has 0 saturated carbocycles. The zero-order chi connectivity index (χ0) is 15.6. The molecule has 0 spiro atoms. The molecule has 2 aromatic carbocycles. The molecule has 3 nitrogen and oxygen atoms in total. The predicted molar refractivity (Wildman–Crippen MR) is 110 cm³/mol. The van der Waals surface area contributed by atoms with E-state index in [9.17, 15) is 0 Å². The fourth-order valence-electron chi connectivity index (χ4n) is 4.19. The van der Waals surface area contributed by atoms with Gasteiger partial charge in [0, 0.05) is 37.8 Å². The van der Waals surface area contributed by atoms with Gasteiger partial charge in [0.05, 0.1) is 0 Å². The predicted octanol–water partition coefficient (Wildman–Crippen LogP) is 3.67. The van der Waals surface area contributed by atoms with Gasteiger partial charge in [-0.1, -0.05) is 48.5 Å². The molecular formula is C20H27Cl2N3. The fourth-order valence-corrected chi connectivity index (χ4v) is 4.19. The van der Waals surface area contributed by atoms with Crippen LogP contribution in [0.4, 0.5) is 5.69 Å². The third kappa shape index (κ3) is 4.12. The number of anilines is 1. The Bertz CT molecular complexity index is 678. The van der Waals surface area contributed by atoms with Crippen LogP contribution in [0.2, 0.25) is 0 Å². The van der Waals surface area contributed by atoms with E-state index in [0.29, 0.717) is 11.8 Å². The van der Waals surface area contributed by atoms with Crippen LogP contribution in [0.25, 0.3) is 0 Å². The Kier molecular flexibility index (Phi) is 7.14. The van der Waals surface area contributed by atoms with Crippen LogP contribution in [0, 0.1) is 5.92 Å². The summed E-state index contributed by atoms with van der Waals surface area (Å²) in [7, 11) is 0. The Balaban J connectivity index is 0.00000113. The zero-order valence-electron chi connectivity index (χ0n) is 14.4. The normalized spacial score (nSPS) is 21.8. The van der Waals surface area contributed by atoms with Crippen molar-refractivity contribution in [3.63, 3.8) is 0 Å². The van der Waals surface area contributed by atoms with Crippen LogP contribution in [0.1, 0.15) is 22.6 Å². The molecule has 1 saturated heterocycles. The van der Waals surface area contributed by atoms with Crippen molar-refractivity contribution in [3.8, 4) is 0 Å². The molecular weight excluding hydrogens is 353 g/mol. The summed E-state index contributed by atoms with van der Waals surface area (Å²) in [6.07, 6.45) is 1.15. The molecule has 4 rings (SSSR count). The summed E-state index contributed by atoms with van der Waals surface area (Å²) >= 11 is 0. The summed E-state index contributed by atoms with van der Waals surface area (Å²) in [6, 6.07) is 17.6. The van der Waals surface area contributed by atoms with E-state index in [0.717, 1.165) is 39.1 Å². The van der Waals surface area contributed by atoms with E-state index in [-0.39, 0.29) is 24.8 Å². The molecule has 0 bridgehead atoms. The molecule has 0 aromatic heterocycles. The lowest BCUT2D eigenvalue weighted by Crippen LogP contribution is -2.23. The molecule has 0 aliphatic carbocycles. The Morgan fingerprint density at radius 2 is 1.80 bits per heavy atom. The van der Waals surface area contributed by atoms with Crippen LogP contribution >= 0.6 is 24.8 Å². The lowest BCUT2D eigenvalue weighted by molar-refractivity contribution is 0.317. The van der Waals surface area contributed by atoms with Gasteiger partial charge in [-0.15, -0.1) is 24.8 Å². The van der Waals surface area contributed by atoms with E-state index in [2.05, 4.69) is 58.7 Å². The lowest BCUT2D eigenvalue weighted by Gasteiger charge is -2.18. The monoisotopic (exact) mass is 379 g/mol. The second-order valence-corrected chi connectivity index (χ2v) is 6.84. The summed E-state index contributed by atoms with van der Waals surface area (Å²) in [5, 5.41) is 3.56. The van der Waals surface area contributed by atoms with Crippen molar-refractivity contribution in [1.29, 1.82) is 0 Å². The molecule has 1 fully saturated rings. The maximum atomic E-state index is 6.07. The van der Waals surface area contributed by atoms with Gasteiger partial charge in [-0.2, -0.15) is 0 Å². The Morgan fingerprint density at radius 1 is 1.00 bits per heavy atom. The molecule has 2 atom stereocenters. The second kappa shape index (κ2) is 8.91. The first-order chi connectivity index (χ1) is 11.3. The van der Waals surface area contributed by atoms with E-state index in [1.807, 2.05) is 0 Å². The first-order valence-electron chi connectivity index (χ1n) is 8.67. The highest BCUT2D eigenvalue weighted by Gasteiger charge is 2.33. The number of fused-ring (bicyclic) bond motifs is 1. The third-order valence-corrected chi connectivity index (χ3v) is 5.37. The van der Waals surface area contributed by atoms with E-state index < -0.39 is 0 Å². The maximum Gasteiger partial charge on any atom is 0.0419 e. The number of nitrogens with one attached hydrogen (secondary N) is 1. The SMILES string of the molecule is Cl.Cl.NC[C@@H]1CN(Cc2cccc3c2NCC3)C[C@H]1c1ccccc1. The van der Waals surface area contributed by atoms with Crippen LogP contribution in [-0.4, -0.2) is 31.1 Å². The molecule has 2 aliphatic heterocycles. The minimum atomic E-state index is 0. The standard InChI is InChI=1S/C20H25N3.2ClH/c21-11-18-13-23(14-19(18)15-5-2-1-3-6-15)12-17-8-4-7-16-9-10-22-20(16)17;;/h1-8,18-19,22H,9-14,21H2;2*1H/t18-,19+;;/m1../s1. The minimum absolute atomic E-state index is 0. The average molecular weight is 380 g/mol. The van der Waals surface area contributed by atoms with Crippen molar-refractivity contribution in [3.05, 3.63) is 65.2 Å². The van der Waals surface area contributed by atoms with Gasteiger partial charge >= 0.3 is 0 Å². The quantitative estimate of drug-likeness (QED) is 0.851. The minimum Gasteiger partial charge on any atom is -0.384 e. The van der Waals surface area contributed by atoms with Crippen LogP contribution in [0.5, 0.6) is 0 Å². The lowest BCUT2D eigenvalue weighted by atomic mass is 9.89. The van der Waals surface area contributed by atoms with Gasteiger partial charge in [-0.05, 0) is 35.6 Å². The Morgan fingerprint density at radius 3 is 2.56 bits per heavy atom. The van der Waals surface area contributed by atoms with Crippen molar-refractivity contribution < 1.29 is 0 Å². The Hall–Kier alpha value is -1.26. The van der Waals surface area contributed by atoms with E-state index >= 15 is 0 Å². The van der Waals surface area contributed by atoms with Gasteiger partial charge < -0.3 is 11.1 Å². The van der Waals surface area contributed by atoms with Gasteiger partial charge in [0.25, 0.3) is 0 Å². The molecule has 2 heterocycles. The van der Waals surface area contributed by atoms with Gasteiger partial charge in [0.15, 0.2) is 0 Å². The second-order valence-electron chi connectivity index (χ2n) is 6.84. The van der Waals surface area contributed by atoms with Gasteiger partial charge in [-0.25, -0.2) is 0 Å². The van der Waals surface area contributed by atoms with E-state index in [1.54, 1.807) is 0 Å². The first-order valence-corrected chi connectivity index (χ1v) is 8.67. The summed E-state index contributed by atoms with van der Waals surface area (Å²) in [5.74, 6) is 1.12. The first kappa shape index (κ1) is 20.1.